The smallest absolute Gasteiger partial charge is 0.151 e. The van der Waals surface area contributed by atoms with Crippen LogP contribution in [0.4, 0.5) is 0 Å². The average Bonchev–Trinajstić information content (AvgIpc) is 2.70. The van der Waals surface area contributed by atoms with Crippen LogP contribution in [0.2, 0.25) is 0 Å². The molecule has 1 aromatic heterocycles. The lowest BCUT2D eigenvalue weighted by atomic mass is 9.92. The molecule has 1 N–H and O–H groups in total. The molecule has 0 radical (unpaired) electrons. The van der Waals surface area contributed by atoms with Gasteiger partial charge in [-0.15, -0.1) is 5.10 Å². The highest BCUT2D eigenvalue weighted by Gasteiger charge is 2.20. The molecule has 0 amide bonds. The summed E-state index contributed by atoms with van der Waals surface area (Å²) in [4.78, 5) is 4.61. The van der Waals surface area contributed by atoms with Gasteiger partial charge in [0.15, 0.2) is 5.82 Å². The molecule has 4 heteroatoms. The predicted octanol–water partition coefficient (Wildman–Crippen LogP) is 1.32. The first-order chi connectivity index (χ1) is 7.55. The van der Waals surface area contributed by atoms with Crippen molar-refractivity contribution >= 4 is 0 Å². The van der Waals surface area contributed by atoms with Crippen molar-refractivity contribution in [2.45, 2.75) is 39.0 Å². The third-order valence-electron chi connectivity index (χ3n) is 3.00. The lowest BCUT2D eigenvalue weighted by molar-refractivity contribution is 0.524. The number of nitrogens with zero attached hydrogens (tertiary/aromatic N) is 3. The molecule has 1 fully saturated rings. The maximum Gasteiger partial charge on any atom is 0.151 e. The molecule has 1 aromatic rings. The Kier molecular flexibility index (Phi) is 3.19. The Labute approximate surface area is 96.9 Å². The molecule has 1 saturated heterocycles. The summed E-state index contributed by atoms with van der Waals surface area (Å²) in [6.45, 7) is 8.66. The molecule has 88 valence electrons. The normalized spacial score (nSPS) is 21.3. The van der Waals surface area contributed by atoms with Gasteiger partial charge in [0.2, 0.25) is 0 Å². The van der Waals surface area contributed by atoms with Crippen molar-refractivity contribution in [3.63, 3.8) is 0 Å². The number of aromatic nitrogens is 3. The summed E-state index contributed by atoms with van der Waals surface area (Å²) >= 11 is 0. The van der Waals surface area contributed by atoms with Crippen LogP contribution in [-0.2, 0) is 11.8 Å². The fraction of sp³-hybridized carbons (Fsp3) is 0.750. The van der Waals surface area contributed by atoms with Crippen LogP contribution in [0.15, 0.2) is 6.20 Å². The molecule has 2 rings (SSSR count). The van der Waals surface area contributed by atoms with E-state index in [1.165, 1.54) is 6.42 Å². The first-order valence-corrected chi connectivity index (χ1v) is 5.95. The van der Waals surface area contributed by atoms with E-state index in [0.29, 0.717) is 5.92 Å². The highest BCUT2D eigenvalue weighted by molar-refractivity contribution is 5.08. The van der Waals surface area contributed by atoms with Crippen molar-refractivity contribution in [2.24, 2.45) is 5.92 Å². The van der Waals surface area contributed by atoms with E-state index in [0.717, 1.165) is 31.0 Å². The van der Waals surface area contributed by atoms with Gasteiger partial charge < -0.3 is 5.32 Å². The lowest BCUT2D eigenvalue weighted by Gasteiger charge is -2.17. The molecule has 1 unspecified atom stereocenters. The molecule has 1 aliphatic rings. The third kappa shape index (κ3) is 2.76. The molecule has 0 bridgehead atoms. The summed E-state index contributed by atoms with van der Waals surface area (Å²) in [6, 6.07) is 0. The molecule has 4 nitrogen and oxygen atoms in total. The Morgan fingerprint density at radius 2 is 2.25 bits per heavy atom. The first kappa shape index (κ1) is 11.5. The first-order valence-electron chi connectivity index (χ1n) is 5.95. The summed E-state index contributed by atoms with van der Waals surface area (Å²) < 4.78 is 0. The largest absolute Gasteiger partial charge is 0.316 e. The van der Waals surface area contributed by atoms with E-state index in [9.17, 15) is 0 Å². The van der Waals surface area contributed by atoms with Gasteiger partial charge in [0.1, 0.15) is 0 Å². The molecule has 0 aromatic carbocycles. The highest BCUT2D eigenvalue weighted by atomic mass is 15.1. The Morgan fingerprint density at radius 1 is 1.44 bits per heavy atom. The molecule has 2 heterocycles. The molecule has 16 heavy (non-hydrogen) atoms. The summed E-state index contributed by atoms with van der Waals surface area (Å²) in [6.07, 6.45) is 3.95. The second kappa shape index (κ2) is 4.45. The van der Waals surface area contributed by atoms with E-state index < -0.39 is 0 Å². The predicted molar refractivity (Wildman–Crippen MR) is 63.2 cm³/mol. The molecule has 1 aliphatic heterocycles. The van der Waals surface area contributed by atoms with Gasteiger partial charge in [0, 0.05) is 11.8 Å². The second-order valence-corrected chi connectivity index (χ2v) is 5.57. The van der Waals surface area contributed by atoms with E-state index >= 15 is 0 Å². The maximum atomic E-state index is 4.61. The quantitative estimate of drug-likeness (QED) is 0.816. The molecule has 0 spiro atoms. The van der Waals surface area contributed by atoms with Gasteiger partial charge in [-0.2, -0.15) is 5.10 Å². The summed E-state index contributed by atoms with van der Waals surface area (Å²) in [5, 5.41) is 11.5. The van der Waals surface area contributed by atoms with Crippen LogP contribution in [0.3, 0.4) is 0 Å². The Bertz CT molecular complexity index is 350. The fourth-order valence-electron chi connectivity index (χ4n) is 1.94. The molecule has 0 aliphatic carbocycles. The van der Waals surface area contributed by atoms with Crippen LogP contribution < -0.4 is 5.32 Å². The minimum absolute atomic E-state index is 0.0542. The lowest BCUT2D eigenvalue weighted by Crippen LogP contribution is -2.18. The molecule has 0 saturated carbocycles. The Balaban J connectivity index is 2.09. The van der Waals surface area contributed by atoms with E-state index in [1.807, 2.05) is 0 Å². The molecular weight excluding hydrogens is 200 g/mol. The fourth-order valence-corrected chi connectivity index (χ4v) is 1.94. The van der Waals surface area contributed by atoms with E-state index in [1.54, 1.807) is 6.20 Å². The van der Waals surface area contributed by atoms with Crippen molar-refractivity contribution in [3.05, 3.63) is 17.7 Å². The van der Waals surface area contributed by atoms with E-state index in [4.69, 9.17) is 0 Å². The van der Waals surface area contributed by atoms with Crippen LogP contribution in [0.5, 0.6) is 0 Å². The van der Waals surface area contributed by atoms with Gasteiger partial charge in [-0.05, 0) is 25.4 Å². The number of hydrogen-bond acceptors (Lipinski definition) is 4. The zero-order valence-electron chi connectivity index (χ0n) is 10.3. The van der Waals surface area contributed by atoms with Gasteiger partial charge >= 0.3 is 0 Å². The topological polar surface area (TPSA) is 50.7 Å². The zero-order valence-corrected chi connectivity index (χ0v) is 10.3. The second-order valence-electron chi connectivity index (χ2n) is 5.57. The van der Waals surface area contributed by atoms with Gasteiger partial charge in [-0.3, -0.25) is 0 Å². The van der Waals surface area contributed by atoms with Crippen LogP contribution in [0, 0.1) is 5.92 Å². The summed E-state index contributed by atoms with van der Waals surface area (Å²) in [7, 11) is 0. The maximum absolute atomic E-state index is 4.61. The standard InChI is InChI=1S/C12H20N4/c1-12(2,3)10-8-14-16-11(15-10)6-9-4-5-13-7-9/h8-9,13H,4-7H2,1-3H3. The van der Waals surface area contributed by atoms with Crippen molar-refractivity contribution in [1.29, 1.82) is 0 Å². The minimum Gasteiger partial charge on any atom is -0.316 e. The summed E-state index contributed by atoms with van der Waals surface area (Å²) in [5.74, 6) is 1.57. The summed E-state index contributed by atoms with van der Waals surface area (Å²) in [5.41, 5.74) is 1.09. The SMILES string of the molecule is CC(C)(C)c1cnnc(CC2CCNC2)n1. The number of rotatable bonds is 2. The Morgan fingerprint density at radius 3 is 2.88 bits per heavy atom. The van der Waals surface area contributed by atoms with Gasteiger partial charge in [-0.1, -0.05) is 20.8 Å². The molecular formula is C12H20N4. The monoisotopic (exact) mass is 220 g/mol. The van der Waals surface area contributed by atoms with Crippen molar-refractivity contribution in [3.8, 4) is 0 Å². The van der Waals surface area contributed by atoms with Crippen molar-refractivity contribution in [1.82, 2.24) is 20.5 Å². The minimum atomic E-state index is 0.0542. The van der Waals surface area contributed by atoms with E-state index in [-0.39, 0.29) is 5.41 Å². The Hall–Kier alpha value is -1.03. The van der Waals surface area contributed by atoms with Crippen LogP contribution in [0.25, 0.3) is 0 Å². The van der Waals surface area contributed by atoms with Crippen LogP contribution in [0.1, 0.15) is 38.7 Å². The van der Waals surface area contributed by atoms with Crippen molar-refractivity contribution < 1.29 is 0 Å². The van der Waals surface area contributed by atoms with Crippen molar-refractivity contribution in [2.75, 3.05) is 13.1 Å². The zero-order chi connectivity index (χ0) is 11.6. The molecule has 1 atom stereocenters. The number of nitrogens with one attached hydrogen (secondary N) is 1. The van der Waals surface area contributed by atoms with E-state index in [2.05, 4.69) is 41.3 Å². The third-order valence-corrected chi connectivity index (χ3v) is 3.00. The average molecular weight is 220 g/mol. The highest BCUT2D eigenvalue weighted by Crippen LogP contribution is 2.19. The van der Waals surface area contributed by atoms with Crippen LogP contribution >= 0.6 is 0 Å². The number of hydrogen-bond donors (Lipinski definition) is 1. The van der Waals surface area contributed by atoms with Gasteiger partial charge in [0.25, 0.3) is 0 Å². The van der Waals surface area contributed by atoms with Gasteiger partial charge in [0.05, 0.1) is 11.9 Å². The van der Waals surface area contributed by atoms with Gasteiger partial charge in [-0.25, -0.2) is 4.98 Å². The van der Waals surface area contributed by atoms with Crippen LogP contribution in [-0.4, -0.2) is 28.3 Å².